The highest BCUT2D eigenvalue weighted by atomic mass is 32.2. The zero-order valence-electron chi connectivity index (χ0n) is 15.0. The zero-order chi connectivity index (χ0) is 18.9. The van der Waals surface area contributed by atoms with E-state index in [1.807, 2.05) is 11.8 Å². The van der Waals surface area contributed by atoms with Gasteiger partial charge in [-0.2, -0.15) is 4.31 Å². The lowest BCUT2D eigenvalue weighted by atomic mass is 10.2. The van der Waals surface area contributed by atoms with E-state index in [1.54, 1.807) is 31.2 Å². The molecular weight excluding hydrogens is 356 g/mol. The Morgan fingerprint density at radius 2 is 1.69 bits per heavy atom. The molecule has 2 fully saturated rings. The van der Waals surface area contributed by atoms with E-state index in [0.29, 0.717) is 39.3 Å². The summed E-state index contributed by atoms with van der Waals surface area (Å²) in [5.41, 5.74) is 1.01. The number of nitrogens with zero attached hydrogens (tertiary/aromatic N) is 3. The van der Waals surface area contributed by atoms with Crippen LogP contribution in [0.25, 0.3) is 0 Å². The number of rotatable bonds is 4. The Morgan fingerprint density at radius 3 is 2.23 bits per heavy atom. The van der Waals surface area contributed by atoms with Crippen molar-refractivity contribution in [1.82, 2.24) is 19.4 Å². The fourth-order valence-electron chi connectivity index (χ4n) is 3.25. The highest BCUT2D eigenvalue weighted by Gasteiger charge is 2.35. The number of hydrogen-bond donors (Lipinski definition) is 1. The van der Waals surface area contributed by atoms with Gasteiger partial charge in [-0.25, -0.2) is 13.2 Å². The summed E-state index contributed by atoms with van der Waals surface area (Å²) in [4.78, 5) is 27.6. The third-order valence-corrected chi connectivity index (χ3v) is 6.87. The maximum Gasteiger partial charge on any atom is 0.324 e. The van der Waals surface area contributed by atoms with Gasteiger partial charge in [0.25, 0.3) is 0 Å². The lowest BCUT2D eigenvalue weighted by Crippen LogP contribution is -2.55. The molecule has 9 heteroatoms. The lowest BCUT2D eigenvalue weighted by molar-refractivity contribution is -0.133. The Kier molecular flexibility index (Phi) is 5.31. The molecule has 0 spiro atoms. The third-order valence-electron chi connectivity index (χ3n) is 4.96. The van der Waals surface area contributed by atoms with Crippen LogP contribution in [-0.4, -0.2) is 79.8 Å². The number of amides is 3. The molecule has 1 aromatic rings. The Bertz CT molecular complexity index is 785. The Labute approximate surface area is 153 Å². The average Bonchev–Trinajstić information content (AvgIpc) is 3.07. The summed E-state index contributed by atoms with van der Waals surface area (Å²) in [6.07, 6.45) is 0. The molecule has 0 aromatic heterocycles. The molecule has 8 nitrogen and oxygen atoms in total. The number of imide groups is 1. The van der Waals surface area contributed by atoms with E-state index >= 15 is 0 Å². The van der Waals surface area contributed by atoms with E-state index in [0.717, 1.165) is 5.56 Å². The molecule has 1 atom stereocenters. The van der Waals surface area contributed by atoms with E-state index in [4.69, 9.17) is 0 Å². The highest BCUT2D eigenvalue weighted by molar-refractivity contribution is 7.89. The first-order valence-electron chi connectivity index (χ1n) is 8.71. The standard InChI is InChI=1S/C17H24N4O4S/c1-13-3-5-15(6-4-13)26(24,25)20-11-9-19(10-12-20)14(2)16(22)21-8-7-18-17(21)23/h3-6,14H,7-12H2,1-2H3,(H,18,23)/t14-/m0/s1. The lowest BCUT2D eigenvalue weighted by Gasteiger charge is -2.37. The minimum atomic E-state index is -3.53. The first-order valence-corrected chi connectivity index (χ1v) is 10.1. The highest BCUT2D eigenvalue weighted by Crippen LogP contribution is 2.19. The molecule has 0 radical (unpaired) electrons. The van der Waals surface area contributed by atoms with Crippen LogP contribution in [0.2, 0.25) is 0 Å². The number of piperazine rings is 1. The monoisotopic (exact) mass is 380 g/mol. The molecule has 142 valence electrons. The van der Waals surface area contributed by atoms with Crippen LogP contribution in [0.4, 0.5) is 4.79 Å². The van der Waals surface area contributed by atoms with Gasteiger partial charge in [0.1, 0.15) is 0 Å². The van der Waals surface area contributed by atoms with Gasteiger partial charge in [0, 0.05) is 39.3 Å². The van der Waals surface area contributed by atoms with Gasteiger partial charge in [-0.3, -0.25) is 14.6 Å². The average molecular weight is 380 g/mol. The molecule has 2 aliphatic heterocycles. The molecule has 2 aliphatic rings. The smallest absolute Gasteiger partial charge is 0.324 e. The maximum absolute atomic E-state index is 12.7. The van der Waals surface area contributed by atoms with E-state index in [2.05, 4.69) is 5.32 Å². The Balaban J connectivity index is 1.62. The summed E-state index contributed by atoms with van der Waals surface area (Å²) in [7, 11) is -3.53. The van der Waals surface area contributed by atoms with Gasteiger partial charge in [-0.05, 0) is 26.0 Å². The molecule has 1 N–H and O–H groups in total. The number of urea groups is 1. The van der Waals surface area contributed by atoms with Gasteiger partial charge in [0.2, 0.25) is 15.9 Å². The first-order chi connectivity index (χ1) is 12.3. The van der Waals surface area contributed by atoms with Gasteiger partial charge >= 0.3 is 6.03 Å². The minimum Gasteiger partial charge on any atom is -0.336 e. The fraction of sp³-hybridized carbons (Fsp3) is 0.529. The maximum atomic E-state index is 12.7. The van der Waals surface area contributed by atoms with Gasteiger partial charge in [-0.1, -0.05) is 17.7 Å². The summed E-state index contributed by atoms with van der Waals surface area (Å²) in [5, 5.41) is 2.62. The van der Waals surface area contributed by atoms with Crippen molar-refractivity contribution in [2.24, 2.45) is 0 Å². The number of aryl methyl sites for hydroxylation is 1. The molecule has 0 aliphatic carbocycles. The third kappa shape index (κ3) is 3.60. The van der Waals surface area contributed by atoms with Crippen LogP contribution in [0.1, 0.15) is 12.5 Å². The van der Waals surface area contributed by atoms with Crippen molar-refractivity contribution >= 4 is 22.0 Å². The van der Waals surface area contributed by atoms with Crippen LogP contribution in [0.15, 0.2) is 29.2 Å². The molecule has 2 saturated heterocycles. The van der Waals surface area contributed by atoms with Gasteiger partial charge in [0.15, 0.2) is 0 Å². The number of hydrogen-bond acceptors (Lipinski definition) is 5. The second-order valence-electron chi connectivity index (χ2n) is 6.65. The van der Waals surface area contributed by atoms with E-state index in [9.17, 15) is 18.0 Å². The second kappa shape index (κ2) is 7.34. The fourth-order valence-corrected chi connectivity index (χ4v) is 4.68. The summed E-state index contributed by atoms with van der Waals surface area (Å²) in [6.45, 7) is 6.07. The number of carbonyl (C=O) groups excluding carboxylic acids is 2. The first kappa shape index (κ1) is 18.8. The molecule has 26 heavy (non-hydrogen) atoms. The normalized spacial score (nSPS) is 20.8. The number of nitrogens with one attached hydrogen (secondary N) is 1. The van der Waals surface area contributed by atoms with E-state index in [1.165, 1.54) is 9.21 Å². The van der Waals surface area contributed by atoms with Crippen molar-refractivity contribution in [3.05, 3.63) is 29.8 Å². The van der Waals surface area contributed by atoms with E-state index in [-0.39, 0.29) is 16.8 Å². The van der Waals surface area contributed by atoms with Crippen molar-refractivity contribution < 1.29 is 18.0 Å². The van der Waals surface area contributed by atoms with Crippen LogP contribution >= 0.6 is 0 Å². The van der Waals surface area contributed by atoms with Crippen LogP contribution < -0.4 is 5.32 Å². The minimum absolute atomic E-state index is 0.241. The van der Waals surface area contributed by atoms with Crippen molar-refractivity contribution in [1.29, 1.82) is 0 Å². The number of benzene rings is 1. The summed E-state index contributed by atoms with van der Waals surface area (Å²) in [6, 6.07) is 5.99. The second-order valence-corrected chi connectivity index (χ2v) is 8.59. The topological polar surface area (TPSA) is 90.0 Å². The molecule has 0 unspecified atom stereocenters. The van der Waals surface area contributed by atoms with Gasteiger partial charge in [0.05, 0.1) is 10.9 Å². The van der Waals surface area contributed by atoms with Crippen LogP contribution in [0.3, 0.4) is 0 Å². The quantitative estimate of drug-likeness (QED) is 0.808. The summed E-state index contributed by atoms with van der Waals surface area (Å²) < 4.78 is 26.9. The van der Waals surface area contributed by atoms with Gasteiger partial charge in [-0.15, -0.1) is 0 Å². The van der Waals surface area contributed by atoms with Crippen molar-refractivity contribution in [3.63, 3.8) is 0 Å². The molecule has 3 amide bonds. The molecule has 1 aromatic carbocycles. The molecular formula is C17H24N4O4S. The molecule has 2 heterocycles. The van der Waals surface area contributed by atoms with E-state index < -0.39 is 16.1 Å². The van der Waals surface area contributed by atoms with Crippen molar-refractivity contribution in [2.45, 2.75) is 24.8 Å². The zero-order valence-corrected chi connectivity index (χ0v) is 15.8. The largest absolute Gasteiger partial charge is 0.336 e. The molecule has 3 rings (SSSR count). The van der Waals surface area contributed by atoms with Crippen molar-refractivity contribution in [3.8, 4) is 0 Å². The van der Waals surface area contributed by atoms with Crippen LogP contribution in [0, 0.1) is 6.92 Å². The van der Waals surface area contributed by atoms with Gasteiger partial charge < -0.3 is 5.32 Å². The Hall–Kier alpha value is -1.97. The Morgan fingerprint density at radius 1 is 1.08 bits per heavy atom. The van der Waals surface area contributed by atoms with Crippen LogP contribution in [0.5, 0.6) is 0 Å². The van der Waals surface area contributed by atoms with Crippen LogP contribution in [-0.2, 0) is 14.8 Å². The summed E-state index contributed by atoms with van der Waals surface area (Å²) >= 11 is 0. The molecule has 0 bridgehead atoms. The SMILES string of the molecule is Cc1ccc(S(=O)(=O)N2CCN([C@@H](C)C(=O)N3CCNC3=O)CC2)cc1. The number of carbonyl (C=O) groups is 2. The summed E-state index contributed by atoms with van der Waals surface area (Å²) in [5.74, 6) is -0.241. The predicted molar refractivity (Wildman–Crippen MR) is 96.1 cm³/mol. The molecule has 0 saturated carbocycles. The predicted octanol–water partition coefficient (Wildman–Crippen LogP) is 0.242. The number of sulfonamides is 1. The van der Waals surface area contributed by atoms with Crippen molar-refractivity contribution in [2.75, 3.05) is 39.3 Å².